The van der Waals surface area contributed by atoms with Gasteiger partial charge in [-0.25, -0.2) is 0 Å². The van der Waals surface area contributed by atoms with E-state index in [0.717, 1.165) is 30.8 Å². The average molecular weight is 290 g/mol. The minimum Gasteiger partial charge on any atom is -0.493 e. The van der Waals surface area contributed by atoms with Gasteiger partial charge in [-0.3, -0.25) is 4.79 Å². The van der Waals surface area contributed by atoms with Gasteiger partial charge in [0, 0.05) is 12.6 Å². The monoisotopic (exact) mass is 290 g/mol. The molecule has 1 unspecified atom stereocenters. The maximum absolute atomic E-state index is 12.0. The van der Waals surface area contributed by atoms with Crippen LogP contribution < -0.4 is 15.4 Å². The van der Waals surface area contributed by atoms with Crippen LogP contribution in [0.5, 0.6) is 5.75 Å². The molecule has 4 heteroatoms. The predicted octanol–water partition coefficient (Wildman–Crippen LogP) is 2.27. The lowest BCUT2D eigenvalue weighted by atomic mass is 9.80. The SMILES string of the molecule is Cc1cccc(OCCC(=O)NC2CCNCC2(C)C)c1. The maximum atomic E-state index is 12.0. The summed E-state index contributed by atoms with van der Waals surface area (Å²) in [6, 6.07) is 8.13. The van der Waals surface area contributed by atoms with Gasteiger partial charge in [0.05, 0.1) is 13.0 Å². The molecule has 0 saturated carbocycles. The Morgan fingerprint density at radius 2 is 2.29 bits per heavy atom. The maximum Gasteiger partial charge on any atom is 0.223 e. The zero-order valence-electron chi connectivity index (χ0n) is 13.2. The minimum atomic E-state index is 0.0719. The Hall–Kier alpha value is -1.55. The summed E-state index contributed by atoms with van der Waals surface area (Å²) < 4.78 is 5.63. The quantitative estimate of drug-likeness (QED) is 0.874. The van der Waals surface area contributed by atoms with Crippen molar-refractivity contribution in [2.75, 3.05) is 19.7 Å². The van der Waals surface area contributed by atoms with Gasteiger partial charge in [0.1, 0.15) is 5.75 Å². The van der Waals surface area contributed by atoms with Gasteiger partial charge in [0.25, 0.3) is 0 Å². The topological polar surface area (TPSA) is 50.4 Å². The van der Waals surface area contributed by atoms with Gasteiger partial charge in [-0.1, -0.05) is 26.0 Å². The molecule has 2 rings (SSSR count). The Labute approximate surface area is 127 Å². The molecular weight excluding hydrogens is 264 g/mol. The number of benzene rings is 1. The number of nitrogens with one attached hydrogen (secondary N) is 2. The van der Waals surface area contributed by atoms with Gasteiger partial charge in [-0.15, -0.1) is 0 Å². The van der Waals surface area contributed by atoms with E-state index in [2.05, 4.69) is 24.5 Å². The third kappa shape index (κ3) is 4.74. The van der Waals surface area contributed by atoms with Crippen molar-refractivity contribution in [3.05, 3.63) is 29.8 Å². The number of ether oxygens (including phenoxy) is 1. The summed E-state index contributed by atoms with van der Waals surface area (Å²) in [5.41, 5.74) is 1.26. The van der Waals surface area contributed by atoms with Gasteiger partial charge < -0.3 is 15.4 Å². The van der Waals surface area contributed by atoms with E-state index < -0.39 is 0 Å². The van der Waals surface area contributed by atoms with Crippen LogP contribution in [0.1, 0.15) is 32.3 Å². The van der Waals surface area contributed by atoms with Crippen LogP contribution in [0.3, 0.4) is 0 Å². The van der Waals surface area contributed by atoms with Crippen molar-refractivity contribution in [1.29, 1.82) is 0 Å². The van der Waals surface area contributed by atoms with Crippen LogP contribution in [0.4, 0.5) is 0 Å². The van der Waals surface area contributed by atoms with E-state index >= 15 is 0 Å². The smallest absolute Gasteiger partial charge is 0.223 e. The fourth-order valence-electron chi connectivity index (χ4n) is 2.67. The Balaban J connectivity index is 1.74. The number of amides is 1. The van der Waals surface area contributed by atoms with Gasteiger partial charge in [0.2, 0.25) is 5.91 Å². The van der Waals surface area contributed by atoms with Crippen LogP contribution in [0.25, 0.3) is 0 Å². The van der Waals surface area contributed by atoms with Crippen molar-refractivity contribution in [1.82, 2.24) is 10.6 Å². The normalized spacial score (nSPS) is 20.8. The summed E-state index contributed by atoms with van der Waals surface area (Å²) in [4.78, 5) is 12.0. The van der Waals surface area contributed by atoms with Crippen LogP contribution >= 0.6 is 0 Å². The van der Waals surface area contributed by atoms with Gasteiger partial charge in [0.15, 0.2) is 0 Å². The second-order valence-corrected chi connectivity index (χ2v) is 6.49. The van der Waals surface area contributed by atoms with E-state index in [-0.39, 0.29) is 17.4 Å². The average Bonchev–Trinajstić information content (AvgIpc) is 2.41. The molecule has 1 atom stereocenters. The van der Waals surface area contributed by atoms with Crippen LogP contribution in [-0.2, 0) is 4.79 Å². The first kappa shape index (κ1) is 15.8. The minimum absolute atomic E-state index is 0.0719. The summed E-state index contributed by atoms with van der Waals surface area (Å²) in [6.45, 7) is 8.73. The van der Waals surface area contributed by atoms with Crippen molar-refractivity contribution < 1.29 is 9.53 Å². The molecule has 1 aromatic rings. The highest BCUT2D eigenvalue weighted by molar-refractivity contribution is 5.76. The van der Waals surface area contributed by atoms with E-state index in [1.165, 1.54) is 0 Å². The largest absolute Gasteiger partial charge is 0.493 e. The Morgan fingerprint density at radius 1 is 1.48 bits per heavy atom. The molecule has 4 nitrogen and oxygen atoms in total. The Kier molecular flexibility index (Phi) is 5.23. The highest BCUT2D eigenvalue weighted by atomic mass is 16.5. The van der Waals surface area contributed by atoms with Gasteiger partial charge >= 0.3 is 0 Å². The van der Waals surface area contributed by atoms with Crippen LogP contribution in [-0.4, -0.2) is 31.6 Å². The first-order chi connectivity index (χ1) is 9.97. The van der Waals surface area contributed by atoms with Crippen molar-refractivity contribution in [2.24, 2.45) is 5.41 Å². The number of hydrogen-bond donors (Lipinski definition) is 2. The number of hydrogen-bond acceptors (Lipinski definition) is 3. The molecule has 0 spiro atoms. The first-order valence-corrected chi connectivity index (χ1v) is 7.67. The first-order valence-electron chi connectivity index (χ1n) is 7.67. The molecule has 0 radical (unpaired) electrons. The second kappa shape index (κ2) is 6.94. The summed E-state index contributed by atoms with van der Waals surface area (Å²) in [7, 11) is 0. The Morgan fingerprint density at radius 3 is 3.00 bits per heavy atom. The van der Waals surface area contributed by atoms with Crippen LogP contribution in [0, 0.1) is 12.3 Å². The highest BCUT2D eigenvalue weighted by Gasteiger charge is 2.32. The molecule has 1 aliphatic rings. The lowest BCUT2D eigenvalue weighted by Gasteiger charge is -2.39. The Bertz CT molecular complexity index is 485. The molecule has 116 valence electrons. The summed E-state index contributed by atoms with van der Waals surface area (Å²) in [5.74, 6) is 0.896. The fourth-order valence-corrected chi connectivity index (χ4v) is 2.67. The summed E-state index contributed by atoms with van der Waals surface area (Å²) in [6.07, 6.45) is 1.38. The molecule has 1 fully saturated rings. The van der Waals surface area contributed by atoms with Crippen molar-refractivity contribution >= 4 is 5.91 Å². The third-order valence-corrected chi connectivity index (χ3v) is 4.06. The second-order valence-electron chi connectivity index (χ2n) is 6.49. The molecule has 1 heterocycles. The number of aryl methyl sites for hydroxylation is 1. The van der Waals surface area contributed by atoms with Crippen molar-refractivity contribution in [3.8, 4) is 5.75 Å². The summed E-state index contributed by atoms with van der Waals surface area (Å²) in [5, 5.41) is 6.52. The van der Waals surface area contributed by atoms with E-state index in [9.17, 15) is 4.79 Å². The molecule has 1 aromatic carbocycles. The van der Waals surface area contributed by atoms with Crippen LogP contribution in [0.15, 0.2) is 24.3 Å². The standard InChI is InChI=1S/C17H26N2O2/c1-13-5-4-6-14(11-13)21-10-8-16(20)19-15-7-9-18-12-17(15,2)3/h4-6,11,15,18H,7-10,12H2,1-3H3,(H,19,20). The molecule has 0 aromatic heterocycles. The molecular formula is C17H26N2O2. The van der Waals surface area contributed by atoms with Crippen LogP contribution in [0.2, 0.25) is 0 Å². The zero-order valence-corrected chi connectivity index (χ0v) is 13.2. The zero-order chi connectivity index (χ0) is 15.3. The number of piperidine rings is 1. The third-order valence-electron chi connectivity index (χ3n) is 4.06. The van der Waals surface area contributed by atoms with E-state index in [1.54, 1.807) is 0 Å². The molecule has 1 saturated heterocycles. The van der Waals surface area contributed by atoms with E-state index in [1.807, 2.05) is 31.2 Å². The molecule has 0 bridgehead atoms. The number of rotatable bonds is 5. The van der Waals surface area contributed by atoms with Gasteiger partial charge in [-0.2, -0.15) is 0 Å². The highest BCUT2D eigenvalue weighted by Crippen LogP contribution is 2.25. The summed E-state index contributed by atoms with van der Waals surface area (Å²) >= 11 is 0. The molecule has 21 heavy (non-hydrogen) atoms. The number of carbonyl (C=O) groups excluding carboxylic acids is 1. The molecule has 1 amide bonds. The van der Waals surface area contributed by atoms with E-state index in [0.29, 0.717) is 13.0 Å². The van der Waals surface area contributed by atoms with Crippen molar-refractivity contribution in [3.63, 3.8) is 0 Å². The predicted molar refractivity (Wildman–Crippen MR) is 84.5 cm³/mol. The molecule has 1 aliphatic heterocycles. The van der Waals surface area contributed by atoms with Gasteiger partial charge in [-0.05, 0) is 43.0 Å². The fraction of sp³-hybridized carbons (Fsp3) is 0.588. The molecule has 0 aliphatic carbocycles. The van der Waals surface area contributed by atoms with Crippen molar-refractivity contribution in [2.45, 2.75) is 39.7 Å². The van der Waals surface area contributed by atoms with E-state index in [4.69, 9.17) is 4.74 Å². The molecule has 2 N–H and O–H groups in total. The number of carbonyl (C=O) groups is 1. The lowest BCUT2D eigenvalue weighted by molar-refractivity contribution is -0.123. The lowest BCUT2D eigenvalue weighted by Crippen LogP contribution is -2.54.